The first-order valence-electron chi connectivity index (χ1n) is 11.5. The van der Waals surface area contributed by atoms with Gasteiger partial charge in [-0.05, 0) is 84.0 Å². The highest BCUT2D eigenvalue weighted by molar-refractivity contribution is 14.1. The fourth-order valence-electron chi connectivity index (χ4n) is 3.72. The van der Waals surface area contributed by atoms with Crippen molar-refractivity contribution in [1.82, 2.24) is 0 Å². The van der Waals surface area contributed by atoms with Crippen molar-refractivity contribution in [2.45, 2.75) is 32.8 Å². The SMILES string of the molecule is CC(C)(CC/C=C/C(=O)Nc1ccccc1N)[C@@H](OC(=O)Nc1ccccc1)c1cc(I)ccc1O. The Morgan fingerprint density at radius 1 is 1.06 bits per heavy atom. The summed E-state index contributed by atoms with van der Waals surface area (Å²) in [5, 5.41) is 16.1. The standard InChI is InChI=1S/C28H30IN3O4/c1-28(2,17-9-8-14-25(34)32-23-13-7-6-12-22(23)30)26(21-18-19(29)15-16-24(21)33)36-27(35)31-20-10-4-3-5-11-20/h3-8,10-16,18,26,33H,9,17,30H2,1-2H3,(H,31,35)(H,32,34)/b14-8+/t26-/m0/s1. The molecule has 0 aliphatic heterocycles. The normalized spacial score (nSPS) is 12.2. The van der Waals surface area contributed by atoms with Gasteiger partial charge in [-0.3, -0.25) is 10.1 Å². The largest absolute Gasteiger partial charge is 0.508 e. The predicted octanol–water partition coefficient (Wildman–Crippen LogP) is 6.87. The lowest BCUT2D eigenvalue weighted by molar-refractivity contribution is -0.111. The molecular formula is C28H30IN3O4. The van der Waals surface area contributed by atoms with Crippen molar-refractivity contribution in [3.8, 4) is 5.75 Å². The Kier molecular flexibility index (Phi) is 9.35. The molecule has 2 amide bonds. The minimum absolute atomic E-state index is 0.0522. The number of benzene rings is 3. The molecule has 3 aromatic carbocycles. The molecule has 7 nitrogen and oxygen atoms in total. The van der Waals surface area contributed by atoms with Gasteiger partial charge in [-0.2, -0.15) is 0 Å². The van der Waals surface area contributed by atoms with Crippen LogP contribution in [0.2, 0.25) is 0 Å². The molecule has 188 valence electrons. The van der Waals surface area contributed by atoms with E-state index >= 15 is 0 Å². The number of nitrogens with one attached hydrogen (secondary N) is 2. The predicted molar refractivity (Wildman–Crippen MR) is 152 cm³/mol. The molecule has 0 aliphatic rings. The average Bonchev–Trinajstić information content (AvgIpc) is 2.84. The number of nitrogen functional groups attached to an aromatic ring is 1. The number of aromatic hydroxyl groups is 1. The third kappa shape index (κ3) is 7.74. The Morgan fingerprint density at radius 2 is 1.75 bits per heavy atom. The van der Waals surface area contributed by atoms with Crippen LogP contribution >= 0.6 is 22.6 Å². The van der Waals surface area contributed by atoms with Crippen molar-refractivity contribution in [2.75, 3.05) is 16.4 Å². The van der Waals surface area contributed by atoms with Gasteiger partial charge in [-0.15, -0.1) is 0 Å². The summed E-state index contributed by atoms with van der Waals surface area (Å²) in [4.78, 5) is 25.0. The van der Waals surface area contributed by atoms with Crippen LogP contribution in [0, 0.1) is 8.99 Å². The number of phenols is 1. The zero-order valence-corrected chi connectivity index (χ0v) is 22.4. The van der Waals surface area contributed by atoms with Crippen molar-refractivity contribution in [1.29, 1.82) is 0 Å². The maximum Gasteiger partial charge on any atom is 0.412 e. The number of hydrogen-bond donors (Lipinski definition) is 4. The highest BCUT2D eigenvalue weighted by Crippen LogP contribution is 2.44. The number of ether oxygens (including phenoxy) is 1. The molecule has 0 unspecified atom stereocenters. The summed E-state index contributed by atoms with van der Waals surface area (Å²) in [7, 11) is 0. The number of carbonyl (C=O) groups excluding carboxylic acids is 2. The van der Waals surface area contributed by atoms with E-state index in [1.54, 1.807) is 54.6 Å². The van der Waals surface area contributed by atoms with E-state index in [9.17, 15) is 14.7 Å². The van der Waals surface area contributed by atoms with Gasteiger partial charge in [0.25, 0.3) is 0 Å². The van der Waals surface area contributed by atoms with Crippen molar-refractivity contribution < 1.29 is 19.4 Å². The summed E-state index contributed by atoms with van der Waals surface area (Å²) < 4.78 is 6.79. The van der Waals surface area contributed by atoms with Crippen LogP contribution in [0.25, 0.3) is 0 Å². The van der Waals surface area contributed by atoms with E-state index in [4.69, 9.17) is 10.5 Å². The number of halogens is 1. The van der Waals surface area contributed by atoms with Crippen molar-refractivity contribution in [2.24, 2.45) is 5.41 Å². The van der Waals surface area contributed by atoms with Crippen molar-refractivity contribution in [3.05, 3.63) is 94.1 Å². The molecule has 0 aromatic heterocycles. The highest BCUT2D eigenvalue weighted by Gasteiger charge is 2.35. The third-order valence-electron chi connectivity index (χ3n) is 5.67. The maximum atomic E-state index is 12.8. The molecular weight excluding hydrogens is 569 g/mol. The number of allylic oxidation sites excluding steroid dienone is 1. The first-order chi connectivity index (χ1) is 17.2. The van der Waals surface area contributed by atoms with Gasteiger partial charge >= 0.3 is 6.09 Å². The maximum absolute atomic E-state index is 12.8. The van der Waals surface area contributed by atoms with Crippen LogP contribution < -0.4 is 16.4 Å². The second-order valence-corrected chi connectivity index (χ2v) is 10.2. The Balaban J connectivity index is 1.71. The zero-order chi connectivity index (χ0) is 26.1. The van der Waals surface area contributed by atoms with E-state index < -0.39 is 17.6 Å². The molecule has 0 fully saturated rings. The third-order valence-corrected chi connectivity index (χ3v) is 6.34. The molecule has 3 aromatic rings. The van der Waals surface area contributed by atoms with Gasteiger partial charge in [0.05, 0.1) is 11.4 Å². The van der Waals surface area contributed by atoms with Crippen LogP contribution in [-0.2, 0) is 9.53 Å². The van der Waals surface area contributed by atoms with Gasteiger partial charge in [-0.1, -0.05) is 50.3 Å². The van der Waals surface area contributed by atoms with Crippen LogP contribution in [0.1, 0.15) is 38.4 Å². The van der Waals surface area contributed by atoms with Crippen molar-refractivity contribution >= 4 is 51.7 Å². The second kappa shape index (κ2) is 12.4. The van der Waals surface area contributed by atoms with Crippen LogP contribution in [0.3, 0.4) is 0 Å². The summed E-state index contributed by atoms with van der Waals surface area (Å²) in [5.74, 6) is -0.229. The van der Waals surface area contributed by atoms with Crippen LogP contribution in [0.5, 0.6) is 5.75 Å². The second-order valence-electron chi connectivity index (χ2n) is 8.99. The van der Waals surface area contributed by atoms with Gasteiger partial charge in [0.15, 0.2) is 0 Å². The first kappa shape index (κ1) is 27.1. The molecule has 36 heavy (non-hydrogen) atoms. The monoisotopic (exact) mass is 599 g/mol. The quantitative estimate of drug-likeness (QED) is 0.122. The fourth-order valence-corrected chi connectivity index (χ4v) is 4.23. The molecule has 0 saturated heterocycles. The van der Waals surface area contributed by atoms with E-state index in [1.807, 2.05) is 38.1 Å². The van der Waals surface area contributed by atoms with E-state index in [0.29, 0.717) is 35.5 Å². The number of nitrogens with two attached hydrogens (primary N) is 1. The van der Waals surface area contributed by atoms with Gasteiger partial charge in [0.1, 0.15) is 11.9 Å². The number of amides is 2. The number of hydrogen-bond acceptors (Lipinski definition) is 5. The van der Waals surface area contributed by atoms with Crippen LogP contribution in [-0.4, -0.2) is 17.1 Å². The first-order valence-corrected chi connectivity index (χ1v) is 12.6. The Hall–Kier alpha value is -3.53. The summed E-state index contributed by atoms with van der Waals surface area (Å²) in [5.41, 5.74) is 7.49. The molecule has 5 N–H and O–H groups in total. The smallest absolute Gasteiger partial charge is 0.412 e. The molecule has 0 bridgehead atoms. The zero-order valence-electron chi connectivity index (χ0n) is 20.2. The van der Waals surface area contributed by atoms with E-state index in [1.165, 1.54) is 6.08 Å². The van der Waals surface area contributed by atoms with Gasteiger partial charge in [-0.25, -0.2) is 4.79 Å². The minimum atomic E-state index is -0.734. The van der Waals surface area contributed by atoms with Gasteiger partial charge in [0, 0.05) is 20.2 Å². The number of phenolic OH excluding ortho intramolecular Hbond substituents is 1. The fraction of sp³-hybridized carbons (Fsp3) is 0.214. The summed E-state index contributed by atoms with van der Waals surface area (Å²) >= 11 is 2.16. The van der Waals surface area contributed by atoms with E-state index in [0.717, 1.165) is 3.57 Å². The summed E-state index contributed by atoms with van der Waals surface area (Å²) in [6, 6.07) is 21.3. The average molecular weight is 599 g/mol. The molecule has 0 aliphatic carbocycles. The lowest BCUT2D eigenvalue weighted by Crippen LogP contribution is -2.29. The topological polar surface area (TPSA) is 114 Å². The number of anilines is 3. The Labute approximate surface area is 224 Å². The van der Waals surface area contributed by atoms with Crippen molar-refractivity contribution in [3.63, 3.8) is 0 Å². The number of para-hydroxylation sites is 3. The molecule has 0 radical (unpaired) electrons. The summed E-state index contributed by atoms with van der Waals surface area (Å²) in [6.07, 6.45) is 3.01. The molecule has 0 heterocycles. The van der Waals surface area contributed by atoms with Crippen LogP contribution in [0.15, 0.2) is 84.9 Å². The molecule has 8 heteroatoms. The van der Waals surface area contributed by atoms with Gasteiger partial charge in [0.2, 0.25) is 5.91 Å². The minimum Gasteiger partial charge on any atom is -0.508 e. The molecule has 0 spiro atoms. The molecule has 1 atom stereocenters. The summed E-state index contributed by atoms with van der Waals surface area (Å²) in [6.45, 7) is 3.93. The van der Waals surface area contributed by atoms with Gasteiger partial charge < -0.3 is 20.9 Å². The number of rotatable bonds is 9. The number of carbonyl (C=O) groups is 2. The lowest BCUT2D eigenvalue weighted by Gasteiger charge is -2.34. The lowest BCUT2D eigenvalue weighted by atomic mass is 9.78. The highest BCUT2D eigenvalue weighted by atomic mass is 127. The van der Waals surface area contributed by atoms with E-state index in [-0.39, 0.29) is 11.7 Å². The van der Waals surface area contributed by atoms with E-state index in [2.05, 4.69) is 33.2 Å². The molecule has 3 rings (SSSR count). The Morgan fingerprint density at radius 3 is 2.47 bits per heavy atom. The Bertz CT molecular complexity index is 1230. The van der Waals surface area contributed by atoms with Crippen LogP contribution in [0.4, 0.5) is 21.9 Å². The molecule has 0 saturated carbocycles.